The summed E-state index contributed by atoms with van der Waals surface area (Å²) in [7, 11) is 0. The smallest absolute Gasteiger partial charge is 0.325 e. The molecule has 0 spiro atoms. The molecular weight excluding hydrogens is 400 g/mol. The molecule has 5 unspecified atom stereocenters. The number of rotatable bonds is 13. The van der Waals surface area contributed by atoms with Gasteiger partial charge in [0.25, 0.3) is 0 Å². The molecule has 12 nitrogen and oxygen atoms in total. The molecule has 5 atom stereocenters. The molecule has 0 heterocycles. The quantitative estimate of drug-likeness (QED) is 0.174. The van der Waals surface area contributed by atoms with E-state index in [9.17, 15) is 29.1 Å². The van der Waals surface area contributed by atoms with Gasteiger partial charge in [0.1, 0.15) is 18.1 Å². The van der Waals surface area contributed by atoms with Gasteiger partial charge in [-0.25, -0.2) is 0 Å². The van der Waals surface area contributed by atoms with Crippen LogP contribution in [0.4, 0.5) is 0 Å². The number of hydrogen-bond donors (Lipinski definition) is 7. The predicted octanol–water partition coefficient (Wildman–Crippen LogP) is -1.84. The summed E-state index contributed by atoms with van der Waals surface area (Å²) in [6.45, 7) is 6.06. The van der Waals surface area contributed by atoms with Crippen LogP contribution in [-0.4, -0.2) is 75.3 Å². The molecule has 0 saturated carbocycles. The van der Waals surface area contributed by atoms with Crippen LogP contribution < -0.4 is 21.7 Å². The topological polar surface area (TPSA) is 208 Å². The summed E-state index contributed by atoms with van der Waals surface area (Å²) in [5, 5.41) is 34.3. The van der Waals surface area contributed by atoms with Crippen LogP contribution in [0, 0.1) is 5.92 Å². The number of aliphatic hydroxyl groups is 1. The standard InChI is InChI=1S/C18H32N4O8/c1-8(2)7-12(21-15(26)11(19)5-6-13(24)25)16(27)22-14(10(4)23)17(28)20-9(3)18(29)30/h8-12,14,23H,5-7,19H2,1-4H3,(H,20,28)(H,21,26)(H,22,27)(H,24,25)(H,29,30). The Bertz CT molecular complexity index is 638. The van der Waals surface area contributed by atoms with Crippen molar-refractivity contribution in [3.8, 4) is 0 Å². The molecule has 0 aliphatic heterocycles. The van der Waals surface area contributed by atoms with Crippen molar-refractivity contribution in [2.24, 2.45) is 11.7 Å². The Morgan fingerprint density at radius 1 is 0.867 bits per heavy atom. The van der Waals surface area contributed by atoms with Crippen LogP contribution in [0.1, 0.15) is 47.0 Å². The molecule has 0 rings (SSSR count). The molecule has 0 bridgehead atoms. The van der Waals surface area contributed by atoms with Crippen molar-refractivity contribution in [1.82, 2.24) is 16.0 Å². The van der Waals surface area contributed by atoms with Gasteiger partial charge in [-0.15, -0.1) is 0 Å². The molecule has 0 aromatic carbocycles. The van der Waals surface area contributed by atoms with Crippen molar-refractivity contribution in [1.29, 1.82) is 0 Å². The summed E-state index contributed by atoms with van der Waals surface area (Å²) in [6, 6.07) is -4.93. The van der Waals surface area contributed by atoms with Crippen LogP contribution in [-0.2, 0) is 24.0 Å². The van der Waals surface area contributed by atoms with Crippen LogP contribution in [0.5, 0.6) is 0 Å². The fraction of sp³-hybridized carbons (Fsp3) is 0.722. The lowest BCUT2D eigenvalue weighted by Crippen LogP contribution is -2.59. The number of carboxylic acids is 2. The van der Waals surface area contributed by atoms with Crippen LogP contribution >= 0.6 is 0 Å². The van der Waals surface area contributed by atoms with E-state index in [0.717, 1.165) is 0 Å². The lowest BCUT2D eigenvalue weighted by molar-refractivity contribution is -0.142. The molecule has 30 heavy (non-hydrogen) atoms. The normalized spacial score (nSPS) is 16.0. The number of carbonyl (C=O) groups is 5. The number of amides is 3. The van der Waals surface area contributed by atoms with E-state index in [1.165, 1.54) is 13.8 Å². The van der Waals surface area contributed by atoms with Gasteiger partial charge >= 0.3 is 11.9 Å². The third-order valence-corrected chi connectivity index (χ3v) is 4.14. The fourth-order valence-electron chi connectivity index (χ4n) is 2.42. The molecule has 0 fully saturated rings. The Balaban J connectivity index is 5.25. The van der Waals surface area contributed by atoms with Gasteiger partial charge in [-0.1, -0.05) is 13.8 Å². The summed E-state index contributed by atoms with van der Waals surface area (Å²) in [4.78, 5) is 58.7. The van der Waals surface area contributed by atoms with Crippen molar-refractivity contribution in [3.63, 3.8) is 0 Å². The summed E-state index contributed by atoms with van der Waals surface area (Å²) in [6.07, 6.45) is -1.60. The molecule has 0 aliphatic rings. The second-order valence-electron chi connectivity index (χ2n) is 7.53. The van der Waals surface area contributed by atoms with E-state index in [0.29, 0.717) is 0 Å². The molecule has 0 radical (unpaired) electrons. The highest BCUT2D eigenvalue weighted by Gasteiger charge is 2.32. The highest BCUT2D eigenvalue weighted by atomic mass is 16.4. The summed E-state index contributed by atoms with van der Waals surface area (Å²) in [5.41, 5.74) is 5.66. The first kappa shape index (κ1) is 27.3. The second-order valence-corrected chi connectivity index (χ2v) is 7.53. The van der Waals surface area contributed by atoms with Gasteiger partial charge in [-0.2, -0.15) is 0 Å². The lowest BCUT2D eigenvalue weighted by atomic mass is 10.0. The number of hydrogen-bond acceptors (Lipinski definition) is 7. The highest BCUT2D eigenvalue weighted by molar-refractivity contribution is 5.94. The molecule has 0 aromatic heterocycles. The minimum Gasteiger partial charge on any atom is -0.481 e. The van der Waals surface area contributed by atoms with E-state index >= 15 is 0 Å². The van der Waals surface area contributed by atoms with Gasteiger partial charge in [0.15, 0.2) is 0 Å². The van der Waals surface area contributed by atoms with Crippen LogP contribution in [0.2, 0.25) is 0 Å². The average Bonchev–Trinajstić information content (AvgIpc) is 2.62. The first-order valence-electron chi connectivity index (χ1n) is 9.55. The molecule has 8 N–H and O–H groups in total. The zero-order valence-corrected chi connectivity index (χ0v) is 17.5. The number of aliphatic hydroxyl groups excluding tert-OH is 1. The van der Waals surface area contributed by atoms with Crippen LogP contribution in [0.3, 0.4) is 0 Å². The van der Waals surface area contributed by atoms with Crippen molar-refractivity contribution in [2.45, 2.75) is 77.2 Å². The predicted molar refractivity (Wildman–Crippen MR) is 105 cm³/mol. The number of carbonyl (C=O) groups excluding carboxylic acids is 3. The average molecular weight is 432 g/mol. The summed E-state index contributed by atoms with van der Waals surface area (Å²) < 4.78 is 0. The monoisotopic (exact) mass is 432 g/mol. The van der Waals surface area contributed by atoms with Gasteiger partial charge in [0, 0.05) is 6.42 Å². The first-order valence-corrected chi connectivity index (χ1v) is 9.55. The zero-order chi connectivity index (χ0) is 23.6. The van der Waals surface area contributed by atoms with Gasteiger partial charge in [0.2, 0.25) is 17.7 Å². The van der Waals surface area contributed by atoms with E-state index in [1.54, 1.807) is 13.8 Å². The maximum absolute atomic E-state index is 12.7. The van der Waals surface area contributed by atoms with Gasteiger partial charge in [-0.05, 0) is 32.6 Å². The van der Waals surface area contributed by atoms with E-state index < -0.39 is 59.9 Å². The molecule has 12 heteroatoms. The molecule has 0 saturated heterocycles. The third kappa shape index (κ3) is 10.2. The van der Waals surface area contributed by atoms with Gasteiger partial charge < -0.3 is 37.0 Å². The Labute approximate surface area is 174 Å². The second kappa shape index (κ2) is 12.8. The van der Waals surface area contributed by atoms with Gasteiger partial charge in [0.05, 0.1) is 12.1 Å². The number of aliphatic carboxylic acids is 2. The third-order valence-electron chi connectivity index (χ3n) is 4.14. The van der Waals surface area contributed by atoms with Crippen molar-refractivity contribution < 1.29 is 39.3 Å². The van der Waals surface area contributed by atoms with E-state index in [4.69, 9.17) is 15.9 Å². The Hall–Kier alpha value is -2.73. The molecule has 0 aromatic rings. The fourth-order valence-corrected chi connectivity index (χ4v) is 2.42. The number of nitrogens with one attached hydrogen (secondary N) is 3. The minimum atomic E-state index is -1.45. The molecule has 172 valence electrons. The minimum absolute atomic E-state index is 0.0397. The lowest BCUT2D eigenvalue weighted by Gasteiger charge is -2.26. The number of carboxylic acid groups (broad SMARTS) is 2. The molecular formula is C18H32N4O8. The van der Waals surface area contributed by atoms with Crippen molar-refractivity contribution in [3.05, 3.63) is 0 Å². The maximum Gasteiger partial charge on any atom is 0.325 e. The largest absolute Gasteiger partial charge is 0.481 e. The Morgan fingerprint density at radius 3 is 1.87 bits per heavy atom. The van der Waals surface area contributed by atoms with E-state index in [-0.39, 0.29) is 25.2 Å². The van der Waals surface area contributed by atoms with Crippen molar-refractivity contribution in [2.75, 3.05) is 0 Å². The van der Waals surface area contributed by atoms with Gasteiger partial charge in [-0.3, -0.25) is 24.0 Å². The summed E-state index contributed by atoms with van der Waals surface area (Å²) in [5.74, 6) is -4.85. The highest BCUT2D eigenvalue weighted by Crippen LogP contribution is 2.07. The number of nitrogens with two attached hydrogens (primary N) is 1. The van der Waals surface area contributed by atoms with E-state index in [2.05, 4.69) is 16.0 Å². The molecule has 3 amide bonds. The van der Waals surface area contributed by atoms with Crippen molar-refractivity contribution >= 4 is 29.7 Å². The Kier molecular flexibility index (Phi) is 11.6. The van der Waals surface area contributed by atoms with E-state index in [1.807, 2.05) is 0 Å². The SMILES string of the molecule is CC(C)CC(NC(=O)C(N)CCC(=O)O)C(=O)NC(C(=O)NC(C)C(=O)O)C(C)O. The maximum atomic E-state index is 12.7. The Morgan fingerprint density at radius 2 is 1.43 bits per heavy atom. The zero-order valence-electron chi connectivity index (χ0n) is 17.5. The van der Waals surface area contributed by atoms with Crippen LogP contribution in [0.25, 0.3) is 0 Å². The first-order chi connectivity index (χ1) is 13.8. The van der Waals surface area contributed by atoms with Crippen LogP contribution in [0.15, 0.2) is 0 Å². The molecule has 0 aliphatic carbocycles. The summed E-state index contributed by atoms with van der Waals surface area (Å²) >= 11 is 0.